The van der Waals surface area contributed by atoms with Crippen LogP contribution in [0.15, 0.2) is 24.3 Å². The summed E-state index contributed by atoms with van der Waals surface area (Å²) in [4.78, 5) is 27.1. The second-order valence-corrected chi connectivity index (χ2v) is 5.51. The standard InChI is InChI=1S/C16H20N2O3/c1-4-9-16(3,15(20)21)18-14(19)13-10(2)17-12-8-6-5-7-11(12)13/h5-8,17H,4,9H2,1-3H3,(H,18,19)(H,20,21). The Labute approximate surface area is 123 Å². The number of para-hydroxylation sites is 1. The van der Waals surface area contributed by atoms with Crippen molar-refractivity contribution in [1.82, 2.24) is 10.3 Å². The quantitative estimate of drug-likeness (QED) is 0.791. The van der Waals surface area contributed by atoms with E-state index in [0.29, 0.717) is 18.4 Å². The van der Waals surface area contributed by atoms with Gasteiger partial charge in [0.25, 0.3) is 5.91 Å². The monoisotopic (exact) mass is 288 g/mol. The molecule has 3 N–H and O–H groups in total. The fourth-order valence-electron chi connectivity index (χ4n) is 2.61. The third kappa shape index (κ3) is 2.77. The predicted octanol–water partition coefficient (Wildman–Crippen LogP) is 2.85. The van der Waals surface area contributed by atoms with Crippen LogP contribution in [0, 0.1) is 6.92 Å². The van der Waals surface area contributed by atoms with Gasteiger partial charge in [-0.2, -0.15) is 0 Å². The Morgan fingerprint density at radius 2 is 2.00 bits per heavy atom. The summed E-state index contributed by atoms with van der Waals surface area (Å²) in [5.74, 6) is -1.38. The molecule has 1 aromatic carbocycles. The van der Waals surface area contributed by atoms with E-state index in [1.54, 1.807) is 6.92 Å². The Balaban J connectivity index is 2.38. The molecule has 0 saturated carbocycles. The summed E-state index contributed by atoms with van der Waals surface area (Å²) in [6.07, 6.45) is 1.06. The average Bonchev–Trinajstić information content (AvgIpc) is 2.74. The average molecular weight is 288 g/mol. The first-order valence-corrected chi connectivity index (χ1v) is 7.02. The van der Waals surface area contributed by atoms with Gasteiger partial charge < -0.3 is 15.4 Å². The Hall–Kier alpha value is -2.30. The number of carbonyl (C=O) groups excluding carboxylic acids is 1. The lowest BCUT2D eigenvalue weighted by atomic mass is 9.95. The molecule has 0 bridgehead atoms. The number of aryl methyl sites for hydroxylation is 1. The highest BCUT2D eigenvalue weighted by Gasteiger charge is 2.34. The highest BCUT2D eigenvalue weighted by Crippen LogP contribution is 2.23. The van der Waals surface area contributed by atoms with Gasteiger partial charge in [0.1, 0.15) is 5.54 Å². The third-order valence-electron chi connectivity index (χ3n) is 3.73. The molecule has 1 heterocycles. The van der Waals surface area contributed by atoms with Crippen molar-refractivity contribution < 1.29 is 14.7 Å². The van der Waals surface area contributed by atoms with Crippen LogP contribution in [-0.2, 0) is 4.79 Å². The molecule has 1 amide bonds. The summed E-state index contributed by atoms with van der Waals surface area (Å²) in [7, 11) is 0. The molecule has 2 aromatic rings. The summed E-state index contributed by atoms with van der Waals surface area (Å²) in [6, 6.07) is 7.49. The Morgan fingerprint density at radius 1 is 1.33 bits per heavy atom. The molecule has 0 aliphatic rings. The van der Waals surface area contributed by atoms with E-state index in [9.17, 15) is 14.7 Å². The first-order chi connectivity index (χ1) is 9.89. The number of aromatic nitrogens is 1. The molecule has 0 fully saturated rings. The minimum Gasteiger partial charge on any atom is -0.480 e. The van der Waals surface area contributed by atoms with Gasteiger partial charge >= 0.3 is 5.97 Å². The largest absolute Gasteiger partial charge is 0.480 e. The van der Waals surface area contributed by atoms with Gasteiger partial charge in [-0.25, -0.2) is 4.79 Å². The molecule has 0 saturated heterocycles. The number of nitrogens with one attached hydrogen (secondary N) is 2. The van der Waals surface area contributed by atoms with Gasteiger partial charge in [0.05, 0.1) is 5.56 Å². The maximum atomic E-state index is 12.5. The minimum atomic E-state index is -1.25. The number of hydrogen-bond donors (Lipinski definition) is 3. The van der Waals surface area contributed by atoms with E-state index < -0.39 is 11.5 Å². The zero-order valence-electron chi connectivity index (χ0n) is 12.5. The predicted molar refractivity (Wildman–Crippen MR) is 81.5 cm³/mol. The van der Waals surface area contributed by atoms with E-state index in [1.807, 2.05) is 38.1 Å². The number of fused-ring (bicyclic) bond motifs is 1. The zero-order chi connectivity index (χ0) is 15.6. The molecule has 2 rings (SSSR count). The van der Waals surface area contributed by atoms with Gasteiger partial charge in [-0.05, 0) is 26.3 Å². The van der Waals surface area contributed by atoms with Gasteiger partial charge in [0, 0.05) is 16.6 Å². The summed E-state index contributed by atoms with van der Waals surface area (Å²) in [5, 5.41) is 12.8. The third-order valence-corrected chi connectivity index (χ3v) is 3.73. The first kappa shape index (κ1) is 15.1. The number of benzene rings is 1. The number of H-pyrrole nitrogens is 1. The lowest BCUT2D eigenvalue weighted by Crippen LogP contribution is -2.52. The number of hydrogen-bond acceptors (Lipinski definition) is 2. The Bertz CT molecular complexity index is 690. The van der Waals surface area contributed by atoms with E-state index in [4.69, 9.17) is 0 Å². The van der Waals surface area contributed by atoms with Gasteiger partial charge in [0.2, 0.25) is 0 Å². The van der Waals surface area contributed by atoms with E-state index in [-0.39, 0.29) is 5.91 Å². The molecule has 0 aliphatic heterocycles. The number of rotatable bonds is 5. The number of carboxylic acid groups (broad SMARTS) is 1. The molecule has 0 radical (unpaired) electrons. The molecule has 1 aromatic heterocycles. The van der Waals surface area contributed by atoms with E-state index in [1.165, 1.54) is 0 Å². The van der Waals surface area contributed by atoms with Crippen LogP contribution in [0.25, 0.3) is 10.9 Å². The Morgan fingerprint density at radius 3 is 2.62 bits per heavy atom. The molecule has 0 spiro atoms. The van der Waals surface area contributed by atoms with Crippen LogP contribution >= 0.6 is 0 Å². The molecule has 0 aliphatic carbocycles. The second kappa shape index (κ2) is 5.60. The van der Waals surface area contributed by atoms with Crippen molar-refractivity contribution in [1.29, 1.82) is 0 Å². The van der Waals surface area contributed by atoms with Crippen molar-refractivity contribution in [2.45, 2.75) is 39.2 Å². The van der Waals surface area contributed by atoms with Crippen LogP contribution in [-0.4, -0.2) is 27.5 Å². The molecule has 5 heteroatoms. The number of amides is 1. The topological polar surface area (TPSA) is 82.2 Å². The van der Waals surface area contributed by atoms with Gasteiger partial charge in [-0.3, -0.25) is 4.79 Å². The molecule has 1 unspecified atom stereocenters. The van der Waals surface area contributed by atoms with Gasteiger partial charge in [-0.15, -0.1) is 0 Å². The Kier molecular flexibility index (Phi) is 4.02. The molecule has 112 valence electrons. The highest BCUT2D eigenvalue weighted by atomic mass is 16.4. The lowest BCUT2D eigenvalue weighted by Gasteiger charge is -2.25. The van der Waals surface area contributed by atoms with Crippen molar-refractivity contribution >= 4 is 22.8 Å². The van der Waals surface area contributed by atoms with Crippen LogP contribution < -0.4 is 5.32 Å². The highest BCUT2D eigenvalue weighted by molar-refractivity contribution is 6.09. The number of carbonyl (C=O) groups is 2. The lowest BCUT2D eigenvalue weighted by molar-refractivity contribution is -0.144. The summed E-state index contributed by atoms with van der Waals surface area (Å²) in [5.41, 5.74) is 0.858. The van der Waals surface area contributed by atoms with Crippen molar-refractivity contribution in [3.63, 3.8) is 0 Å². The fraction of sp³-hybridized carbons (Fsp3) is 0.375. The molecular formula is C16H20N2O3. The molecule has 1 atom stereocenters. The smallest absolute Gasteiger partial charge is 0.329 e. The minimum absolute atomic E-state index is 0.358. The van der Waals surface area contributed by atoms with E-state index in [2.05, 4.69) is 10.3 Å². The zero-order valence-corrected chi connectivity index (χ0v) is 12.5. The first-order valence-electron chi connectivity index (χ1n) is 7.02. The van der Waals surface area contributed by atoms with Crippen molar-refractivity contribution in [2.24, 2.45) is 0 Å². The van der Waals surface area contributed by atoms with Gasteiger partial charge in [-0.1, -0.05) is 31.5 Å². The number of aliphatic carboxylic acids is 1. The van der Waals surface area contributed by atoms with E-state index in [0.717, 1.165) is 16.6 Å². The van der Waals surface area contributed by atoms with Crippen LogP contribution in [0.5, 0.6) is 0 Å². The molecule has 5 nitrogen and oxygen atoms in total. The number of carboxylic acids is 1. The maximum absolute atomic E-state index is 12.5. The van der Waals surface area contributed by atoms with Crippen molar-refractivity contribution in [3.8, 4) is 0 Å². The van der Waals surface area contributed by atoms with Crippen molar-refractivity contribution in [3.05, 3.63) is 35.5 Å². The van der Waals surface area contributed by atoms with Crippen LogP contribution in [0.3, 0.4) is 0 Å². The fourth-order valence-corrected chi connectivity index (χ4v) is 2.61. The second-order valence-electron chi connectivity index (χ2n) is 5.51. The van der Waals surface area contributed by atoms with Gasteiger partial charge in [0.15, 0.2) is 0 Å². The summed E-state index contributed by atoms with van der Waals surface area (Å²) >= 11 is 0. The van der Waals surface area contributed by atoms with Crippen LogP contribution in [0.4, 0.5) is 0 Å². The van der Waals surface area contributed by atoms with Crippen LogP contribution in [0.1, 0.15) is 42.7 Å². The van der Waals surface area contributed by atoms with Crippen molar-refractivity contribution in [2.75, 3.05) is 0 Å². The van der Waals surface area contributed by atoms with E-state index >= 15 is 0 Å². The molecular weight excluding hydrogens is 268 g/mol. The summed E-state index contributed by atoms with van der Waals surface area (Å²) < 4.78 is 0. The summed E-state index contributed by atoms with van der Waals surface area (Å²) in [6.45, 7) is 5.25. The normalized spacial score (nSPS) is 13.9. The number of aromatic amines is 1. The van der Waals surface area contributed by atoms with Crippen LogP contribution in [0.2, 0.25) is 0 Å². The maximum Gasteiger partial charge on any atom is 0.329 e. The molecule has 21 heavy (non-hydrogen) atoms. The SMILES string of the molecule is CCCC(C)(NC(=O)c1c(C)[nH]c2ccccc12)C(=O)O.